The number of hydrogen-bond donors (Lipinski definition) is 2. The van der Waals surface area contributed by atoms with E-state index in [1.54, 1.807) is 31.2 Å². The van der Waals surface area contributed by atoms with Crippen molar-refractivity contribution in [2.75, 3.05) is 6.54 Å². The van der Waals surface area contributed by atoms with Crippen molar-refractivity contribution >= 4 is 29.5 Å². The van der Waals surface area contributed by atoms with Gasteiger partial charge in [-0.2, -0.15) is 0 Å². The van der Waals surface area contributed by atoms with Crippen LogP contribution in [0.5, 0.6) is 0 Å². The van der Waals surface area contributed by atoms with E-state index in [0.29, 0.717) is 21.9 Å². The second-order valence-corrected chi connectivity index (χ2v) is 4.92. The smallest absolute Gasteiger partial charge is 0.325 e. The lowest BCUT2D eigenvalue weighted by atomic mass is 9.87. The number of halogens is 1. The highest BCUT2D eigenvalue weighted by molar-refractivity contribution is 6.30. The highest BCUT2D eigenvalue weighted by Crippen LogP contribution is 2.32. The second-order valence-electron chi connectivity index (χ2n) is 4.48. The van der Waals surface area contributed by atoms with Crippen molar-refractivity contribution in [2.45, 2.75) is 18.9 Å². The minimum atomic E-state index is -1.24. The normalized spacial score (nSPS) is 22.0. The van der Waals surface area contributed by atoms with E-state index in [4.69, 9.17) is 16.7 Å². The van der Waals surface area contributed by atoms with E-state index in [1.807, 2.05) is 0 Å². The molecule has 0 unspecified atom stereocenters. The first kappa shape index (κ1) is 14.3. The van der Waals surface area contributed by atoms with Crippen LogP contribution >= 0.6 is 11.6 Å². The van der Waals surface area contributed by atoms with Crippen LogP contribution < -0.4 is 5.32 Å². The number of imide groups is 1. The van der Waals surface area contributed by atoms with E-state index >= 15 is 0 Å². The Balaban J connectivity index is 2.42. The van der Waals surface area contributed by atoms with Crippen molar-refractivity contribution in [3.05, 3.63) is 34.9 Å². The topological polar surface area (TPSA) is 86.7 Å². The molecule has 2 rings (SSSR count). The van der Waals surface area contributed by atoms with Crippen LogP contribution in [-0.2, 0) is 15.1 Å². The molecular weight excluding hydrogens is 284 g/mol. The van der Waals surface area contributed by atoms with Gasteiger partial charge in [-0.15, -0.1) is 0 Å². The highest BCUT2D eigenvalue weighted by atomic mass is 35.5. The minimum absolute atomic E-state index is 0.315. The number of carboxylic acids is 1. The predicted molar refractivity (Wildman–Crippen MR) is 71.3 cm³/mol. The minimum Gasteiger partial charge on any atom is -0.480 e. The number of rotatable bonds is 4. The summed E-state index contributed by atoms with van der Waals surface area (Å²) in [5.74, 6) is -1.80. The Morgan fingerprint density at radius 1 is 1.35 bits per heavy atom. The van der Waals surface area contributed by atoms with Gasteiger partial charge in [0.05, 0.1) is 0 Å². The van der Waals surface area contributed by atoms with Gasteiger partial charge < -0.3 is 10.4 Å². The molecule has 0 aliphatic carbocycles. The Hall–Kier alpha value is -2.08. The second kappa shape index (κ2) is 5.13. The monoisotopic (exact) mass is 296 g/mol. The van der Waals surface area contributed by atoms with E-state index < -0.39 is 30.0 Å². The number of carbonyl (C=O) groups excluding carboxylic acids is 2. The van der Waals surface area contributed by atoms with Crippen LogP contribution in [0, 0.1) is 0 Å². The summed E-state index contributed by atoms with van der Waals surface area (Å²) in [6.45, 7) is 1.09. The number of nitrogens with zero attached hydrogens (tertiary/aromatic N) is 1. The fourth-order valence-corrected chi connectivity index (χ4v) is 2.40. The summed E-state index contributed by atoms with van der Waals surface area (Å²) in [6.07, 6.45) is 0.315. The third-order valence-electron chi connectivity index (χ3n) is 3.34. The van der Waals surface area contributed by atoms with Crippen molar-refractivity contribution in [3.8, 4) is 0 Å². The van der Waals surface area contributed by atoms with Crippen LogP contribution in [0.25, 0.3) is 0 Å². The lowest BCUT2D eigenvalue weighted by Crippen LogP contribution is -2.43. The molecule has 1 heterocycles. The van der Waals surface area contributed by atoms with Gasteiger partial charge in [0.15, 0.2) is 0 Å². The largest absolute Gasteiger partial charge is 0.480 e. The standard InChI is InChI=1S/C13H13ClN2O4/c1-2-13(8-3-5-9(14)6-4-8)11(19)16(7-10(17)18)12(20)15-13/h3-6H,2,7H2,1H3,(H,15,20)(H,17,18)/t13-/m1/s1. The molecule has 0 bridgehead atoms. The molecule has 7 heteroatoms. The van der Waals surface area contributed by atoms with E-state index in [2.05, 4.69) is 5.32 Å². The zero-order chi connectivity index (χ0) is 14.9. The highest BCUT2D eigenvalue weighted by Gasteiger charge is 2.51. The fraction of sp³-hybridized carbons (Fsp3) is 0.308. The SMILES string of the molecule is CC[C@]1(c2ccc(Cl)cc2)NC(=O)N(CC(=O)O)C1=O. The van der Waals surface area contributed by atoms with Crippen LogP contribution in [0.3, 0.4) is 0 Å². The molecule has 20 heavy (non-hydrogen) atoms. The maximum Gasteiger partial charge on any atom is 0.325 e. The van der Waals surface area contributed by atoms with Crippen LogP contribution in [0.1, 0.15) is 18.9 Å². The molecule has 3 amide bonds. The molecule has 1 aliphatic heterocycles. The molecule has 1 aliphatic rings. The number of carbonyl (C=O) groups is 3. The van der Waals surface area contributed by atoms with Gasteiger partial charge in [-0.3, -0.25) is 14.5 Å². The zero-order valence-corrected chi connectivity index (χ0v) is 11.5. The Kier molecular flexibility index (Phi) is 3.67. The number of urea groups is 1. The molecule has 1 aromatic rings. The first-order valence-corrected chi connectivity index (χ1v) is 6.40. The first-order valence-electron chi connectivity index (χ1n) is 6.02. The van der Waals surface area contributed by atoms with Gasteiger partial charge in [0.2, 0.25) is 0 Å². The van der Waals surface area contributed by atoms with E-state index in [1.165, 1.54) is 0 Å². The maximum absolute atomic E-state index is 12.4. The van der Waals surface area contributed by atoms with Gasteiger partial charge in [0, 0.05) is 5.02 Å². The third kappa shape index (κ3) is 2.22. The van der Waals surface area contributed by atoms with Crippen molar-refractivity contribution in [1.82, 2.24) is 10.2 Å². The summed E-state index contributed by atoms with van der Waals surface area (Å²) in [5, 5.41) is 11.9. The molecule has 1 fully saturated rings. The third-order valence-corrected chi connectivity index (χ3v) is 3.59. The molecule has 2 N–H and O–H groups in total. The summed E-state index contributed by atoms with van der Waals surface area (Å²) >= 11 is 5.81. The van der Waals surface area contributed by atoms with Crippen LogP contribution in [-0.4, -0.2) is 34.5 Å². The van der Waals surface area contributed by atoms with Crippen molar-refractivity contribution in [3.63, 3.8) is 0 Å². The maximum atomic E-state index is 12.4. The Morgan fingerprint density at radius 2 is 1.95 bits per heavy atom. The average molecular weight is 297 g/mol. The zero-order valence-electron chi connectivity index (χ0n) is 10.7. The van der Waals surface area contributed by atoms with Gasteiger partial charge >= 0.3 is 12.0 Å². The van der Waals surface area contributed by atoms with Crippen LogP contribution in [0.2, 0.25) is 5.02 Å². The van der Waals surface area contributed by atoms with Crippen LogP contribution in [0.15, 0.2) is 24.3 Å². The predicted octanol–water partition coefficient (Wildman–Crippen LogP) is 1.58. The number of amides is 3. The van der Waals surface area contributed by atoms with E-state index in [0.717, 1.165) is 0 Å². The Morgan fingerprint density at radius 3 is 2.45 bits per heavy atom. The van der Waals surface area contributed by atoms with Gasteiger partial charge in [0.25, 0.3) is 5.91 Å². The molecule has 0 spiro atoms. The number of hydrogen-bond acceptors (Lipinski definition) is 3. The molecule has 1 aromatic carbocycles. The molecule has 0 radical (unpaired) electrons. The molecule has 6 nitrogen and oxygen atoms in total. The lowest BCUT2D eigenvalue weighted by Gasteiger charge is -2.25. The van der Waals surface area contributed by atoms with Gasteiger partial charge in [-0.25, -0.2) is 4.79 Å². The van der Waals surface area contributed by atoms with Crippen molar-refractivity contribution in [1.29, 1.82) is 0 Å². The number of benzene rings is 1. The summed E-state index contributed by atoms with van der Waals surface area (Å²) in [6, 6.07) is 5.83. The summed E-state index contributed by atoms with van der Waals surface area (Å²) in [5.41, 5.74) is -0.646. The fourth-order valence-electron chi connectivity index (χ4n) is 2.28. The average Bonchev–Trinajstić information content (AvgIpc) is 2.64. The Labute approximate surface area is 120 Å². The number of nitrogens with one attached hydrogen (secondary N) is 1. The van der Waals surface area contributed by atoms with Gasteiger partial charge in [-0.1, -0.05) is 30.7 Å². The van der Waals surface area contributed by atoms with E-state index in [-0.39, 0.29) is 0 Å². The van der Waals surface area contributed by atoms with Gasteiger partial charge in [0.1, 0.15) is 12.1 Å². The molecule has 1 atom stereocenters. The number of carboxylic acid groups (broad SMARTS) is 1. The quantitative estimate of drug-likeness (QED) is 0.826. The lowest BCUT2D eigenvalue weighted by molar-refractivity contribution is -0.143. The van der Waals surface area contributed by atoms with E-state index in [9.17, 15) is 14.4 Å². The Bertz CT molecular complexity index is 572. The molecular formula is C13H13ClN2O4. The van der Waals surface area contributed by atoms with Crippen molar-refractivity contribution < 1.29 is 19.5 Å². The molecule has 0 aromatic heterocycles. The molecule has 1 saturated heterocycles. The molecule has 0 saturated carbocycles. The first-order chi connectivity index (χ1) is 9.40. The van der Waals surface area contributed by atoms with Gasteiger partial charge in [-0.05, 0) is 24.1 Å². The number of aliphatic carboxylic acids is 1. The summed E-state index contributed by atoms with van der Waals surface area (Å²) in [4.78, 5) is 35.7. The van der Waals surface area contributed by atoms with Crippen molar-refractivity contribution in [2.24, 2.45) is 0 Å². The molecule has 106 valence electrons. The van der Waals surface area contributed by atoms with Crippen LogP contribution in [0.4, 0.5) is 4.79 Å². The summed E-state index contributed by atoms with van der Waals surface area (Å²) in [7, 11) is 0. The summed E-state index contributed by atoms with van der Waals surface area (Å²) < 4.78 is 0.